The molecular formula is C28H25NO5S. The van der Waals surface area contributed by atoms with Gasteiger partial charge in [0.2, 0.25) is 0 Å². The molecule has 3 aromatic carbocycles. The zero-order valence-electron chi connectivity index (χ0n) is 19.5. The second-order valence-corrected chi connectivity index (χ2v) is 9.19. The van der Waals surface area contributed by atoms with Crippen LogP contribution in [0.25, 0.3) is 22.3 Å². The molecule has 35 heavy (non-hydrogen) atoms. The van der Waals surface area contributed by atoms with Crippen LogP contribution in [0.2, 0.25) is 0 Å². The highest BCUT2D eigenvalue weighted by Crippen LogP contribution is 2.27. The molecule has 0 unspecified atom stereocenters. The molecule has 178 valence electrons. The SMILES string of the molecule is Cc1ccc(SCCNC(=O)COC(=O)c2cccc3c(=O)c(C)c(-c4ccccc4)oc23)cc1. The van der Waals surface area contributed by atoms with E-state index in [0.717, 1.165) is 10.5 Å². The lowest BCUT2D eigenvalue weighted by atomic mass is 10.0. The smallest absolute Gasteiger partial charge is 0.342 e. The van der Waals surface area contributed by atoms with Crippen LogP contribution >= 0.6 is 11.8 Å². The Labute approximate surface area is 207 Å². The number of nitrogens with one attached hydrogen (secondary N) is 1. The van der Waals surface area contributed by atoms with Crippen LogP contribution in [0, 0.1) is 13.8 Å². The first-order valence-electron chi connectivity index (χ1n) is 11.2. The molecule has 0 radical (unpaired) electrons. The van der Waals surface area contributed by atoms with Crippen LogP contribution in [0.1, 0.15) is 21.5 Å². The molecule has 0 atom stereocenters. The van der Waals surface area contributed by atoms with Gasteiger partial charge in [0.15, 0.2) is 17.6 Å². The predicted molar refractivity (Wildman–Crippen MR) is 138 cm³/mol. The Morgan fingerprint density at radius 3 is 2.43 bits per heavy atom. The standard InChI is InChI=1S/C28H25NO5S/c1-18-11-13-21(14-12-18)35-16-15-29-24(30)17-33-28(32)23-10-6-9-22-25(31)19(2)26(34-27(22)23)20-7-4-3-5-8-20/h3-14H,15-17H2,1-2H3,(H,29,30). The van der Waals surface area contributed by atoms with Crippen LogP contribution < -0.4 is 10.7 Å². The van der Waals surface area contributed by atoms with Gasteiger partial charge >= 0.3 is 5.97 Å². The van der Waals surface area contributed by atoms with Gasteiger partial charge in [-0.05, 0) is 38.1 Å². The number of hydrogen-bond donors (Lipinski definition) is 1. The number of fused-ring (bicyclic) bond motifs is 1. The Hall–Kier alpha value is -3.84. The highest BCUT2D eigenvalue weighted by atomic mass is 32.2. The summed E-state index contributed by atoms with van der Waals surface area (Å²) in [5.41, 5.74) is 2.40. The molecule has 7 heteroatoms. The van der Waals surface area contributed by atoms with Crippen LogP contribution in [0.3, 0.4) is 0 Å². The normalized spacial score (nSPS) is 10.8. The lowest BCUT2D eigenvalue weighted by molar-refractivity contribution is -0.124. The molecule has 4 aromatic rings. The molecule has 0 aliphatic rings. The molecule has 0 bridgehead atoms. The van der Waals surface area contributed by atoms with E-state index in [1.54, 1.807) is 30.8 Å². The van der Waals surface area contributed by atoms with E-state index in [4.69, 9.17) is 9.15 Å². The first kappa shape index (κ1) is 24.3. The second-order valence-electron chi connectivity index (χ2n) is 8.02. The number of carbonyl (C=O) groups is 2. The number of thioether (sulfide) groups is 1. The van der Waals surface area contributed by atoms with Crippen molar-refractivity contribution in [2.45, 2.75) is 18.7 Å². The van der Waals surface area contributed by atoms with Gasteiger partial charge in [0.05, 0.1) is 5.39 Å². The monoisotopic (exact) mass is 487 g/mol. The number of esters is 1. The maximum Gasteiger partial charge on any atom is 0.342 e. The lowest BCUT2D eigenvalue weighted by Gasteiger charge is -2.10. The fourth-order valence-corrected chi connectivity index (χ4v) is 4.36. The maximum atomic E-state index is 13.0. The minimum Gasteiger partial charge on any atom is -0.455 e. The topological polar surface area (TPSA) is 85.6 Å². The summed E-state index contributed by atoms with van der Waals surface area (Å²) in [6.07, 6.45) is 0. The highest BCUT2D eigenvalue weighted by molar-refractivity contribution is 7.99. The average Bonchev–Trinajstić information content (AvgIpc) is 2.88. The summed E-state index contributed by atoms with van der Waals surface area (Å²) in [7, 11) is 0. The summed E-state index contributed by atoms with van der Waals surface area (Å²) in [5, 5.41) is 3.03. The van der Waals surface area contributed by atoms with Gasteiger partial charge < -0.3 is 14.5 Å². The van der Waals surface area contributed by atoms with Crippen LogP contribution in [0.15, 0.2) is 86.9 Å². The third-order valence-corrected chi connectivity index (χ3v) is 6.46. The van der Waals surface area contributed by atoms with Gasteiger partial charge in [0.1, 0.15) is 11.3 Å². The second kappa shape index (κ2) is 11.1. The van der Waals surface area contributed by atoms with Crippen molar-refractivity contribution in [3.63, 3.8) is 0 Å². The van der Waals surface area contributed by atoms with Crippen molar-refractivity contribution in [3.05, 3.63) is 99.7 Å². The predicted octanol–water partition coefficient (Wildman–Crippen LogP) is 5.14. The molecule has 0 fully saturated rings. The minimum absolute atomic E-state index is 0.0968. The van der Waals surface area contributed by atoms with Gasteiger partial charge in [0.25, 0.3) is 5.91 Å². The van der Waals surface area contributed by atoms with E-state index in [2.05, 4.69) is 5.32 Å². The Kier molecular flexibility index (Phi) is 7.67. The maximum absolute atomic E-state index is 13.0. The average molecular weight is 488 g/mol. The summed E-state index contributed by atoms with van der Waals surface area (Å²) >= 11 is 1.63. The minimum atomic E-state index is -0.731. The van der Waals surface area contributed by atoms with Gasteiger partial charge in [-0.3, -0.25) is 9.59 Å². The number of ether oxygens (including phenoxy) is 1. The molecule has 1 aromatic heterocycles. The summed E-state index contributed by atoms with van der Waals surface area (Å²) in [6, 6.07) is 22.1. The van der Waals surface area contributed by atoms with Crippen molar-refractivity contribution < 1.29 is 18.7 Å². The number of rotatable bonds is 8. The number of hydrogen-bond acceptors (Lipinski definition) is 6. The first-order chi connectivity index (χ1) is 16.9. The molecule has 0 saturated carbocycles. The summed E-state index contributed by atoms with van der Waals surface area (Å²) < 4.78 is 11.3. The molecule has 4 rings (SSSR count). The Bertz CT molecular complexity index is 1410. The van der Waals surface area contributed by atoms with Crippen LogP contribution in [0.5, 0.6) is 0 Å². The zero-order chi connectivity index (χ0) is 24.8. The van der Waals surface area contributed by atoms with Gasteiger partial charge in [-0.1, -0.05) is 54.1 Å². The summed E-state index contributed by atoms with van der Waals surface area (Å²) in [5.74, 6) is -0.0397. The molecule has 0 aliphatic carbocycles. The number of carbonyl (C=O) groups excluding carboxylic acids is 2. The molecule has 0 aliphatic heterocycles. The summed E-state index contributed by atoms with van der Waals surface area (Å²) in [6.45, 7) is 3.75. The Morgan fingerprint density at radius 1 is 0.943 bits per heavy atom. The van der Waals surface area contributed by atoms with Gasteiger partial charge in [-0.2, -0.15) is 0 Å². The van der Waals surface area contributed by atoms with E-state index in [1.165, 1.54) is 11.6 Å². The number of benzene rings is 3. The van der Waals surface area contributed by atoms with Crippen LogP contribution in [-0.4, -0.2) is 30.8 Å². The number of para-hydroxylation sites is 1. The van der Waals surface area contributed by atoms with E-state index < -0.39 is 18.5 Å². The van der Waals surface area contributed by atoms with E-state index >= 15 is 0 Å². The van der Waals surface area contributed by atoms with E-state index in [0.29, 0.717) is 23.6 Å². The molecule has 1 N–H and O–H groups in total. The summed E-state index contributed by atoms with van der Waals surface area (Å²) in [4.78, 5) is 39.0. The lowest BCUT2D eigenvalue weighted by Crippen LogP contribution is -2.30. The Morgan fingerprint density at radius 2 is 1.69 bits per heavy atom. The molecule has 0 saturated heterocycles. The first-order valence-corrected chi connectivity index (χ1v) is 12.2. The number of aryl methyl sites for hydroxylation is 1. The third-order valence-electron chi connectivity index (χ3n) is 5.45. The third kappa shape index (κ3) is 5.81. The molecule has 1 heterocycles. The van der Waals surface area contributed by atoms with E-state index in [-0.39, 0.29) is 22.0 Å². The van der Waals surface area contributed by atoms with Gasteiger partial charge in [-0.25, -0.2) is 4.79 Å². The van der Waals surface area contributed by atoms with Crippen molar-refractivity contribution in [1.29, 1.82) is 0 Å². The highest BCUT2D eigenvalue weighted by Gasteiger charge is 2.20. The van der Waals surface area contributed by atoms with Crippen molar-refractivity contribution in [2.24, 2.45) is 0 Å². The van der Waals surface area contributed by atoms with Crippen molar-refractivity contribution >= 4 is 34.6 Å². The van der Waals surface area contributed by atoms with E-state index in [9.17, 15) is 14.4 Å². The number of amides is 1. The fourth-order valence-electron chi connectivity index (χ4n) is 3.59. The molecule has 1 amide bonds. The van der Waals surface area contributed by atoms with Crippen LogP contribution in [0.4, 0.5) is 0 Å². The van der Waals surface area contributed by atoms with Gasteiger partial charge in [0, 0.05) is 28.3 Å². The van der Waals surface area contributed by atoms with E-state index in [1.807, 2.05) is 61.5 Å². The van der Waals surface area contributed by atoms with Crippen molar-refractivity contribution in [2.75, 3.05) is 18.9 Å². The zero-order valence-corrected chi connectivity index (χ0v) is 20.3. The molecule has 0 spiro atoms. The largest absolute Gasteiger partial charge is 0.455 e. The molecule has 6 nitrogen and oxygen atoms in total. The fraction of sp³-hybridized carbons (Fsp3) is 0.179. The van der Waals surface area contributed by atoms with Gasteiger partial charge in [-0.15, -0.1) is 11.8 Å². The molecular weight excluding hydrogens is 462 g/mol. The quantitative estimate of drug-likeness (QED) is 0.210. The Balaban J connectivity index is 1.41. The van der Waals surface area contributed by atoms with Crippen molar-refractivity contribution in [1.82, 2.24) is 5.32 Å². The van der Waals surface area contributed by atoms with Crippen LogP contribution in [-0.2, 0) is 9.53 Å². The van der Waals surface area contributed by atoms with Crippen molar-refractivity contribution in [3.8, 4) is 11.3 Å².